The van der Waals surface area contributed by atoms with Crippen LogP contribution in [0.25, 0.3) is 11.3 Å². The number of halogens is 4. The van der Waals surface area contributed by atoms with E-state index in [1.165, 1.54) is 18.2 Å². The maximum absolute atomic E-state index is 14.5. The van der Waals surface area contributed by atoms with Crippen LogP contribution in [0.5, 0.6) is 5.75 Å². The highest BCUT2D eigenvalue weighted by Crippen LogP contribution is 2.32. The second kappa shape index (κ2) is 11.9. The van der Waals surface area contributed by atoms with Crippen molar-refractivity contribution in [3.63, 3.8) is 0 Å². The Balaban J connectivity index is 1.79. The molecule has 0 fully saturated rings. The summed E-state index contributed by atoms with van der Waals surface area (Å²) in [5.41, 5.74) is 0.228. The van der Waals surface area contributed by atoms with Crippen LogP contribution in [-0.2, 0) is 34.1 Å². The van der Waals surface area contributed by atoms with Crippen LogP contribution in [0.2, 0.25) is 0 Å². The van der Waals surface area contributed by atoms with Gasteiger partial charge in [0.25, 0.3) is 0 Å². The molecule has 7 nitrogen and oxygen atoms in total. The lowest BCUT2D eigenvalue weighted by Crippen LogP contribution is -2.28. The Morgan fingerprint density at radius 1 is 1.03 bits per heavy atom. The van der Waals surface area contributed by atoms with E-state index in [1.54, 1.807) is 31.2 Å². The molecule has 0 aliphatic heterocycles. The number of amides is 1. The van der Waals surface area contributed by atoms with Crippen molar-refractivity contribution in [2.24, 2.45) is 0 Å². The van der Waals surface area contributed by atoms with Gasteiger partial charge in [0.2, 0.25) is 15.9 Å². The predicted octanol–water partition coefficient (Wildman–Crippen LogP) is 4.77. The second-order valence-electron chi connectivity index (χ2n) is 8.54. The van der Waals surface area contributed by atoms with Gasteiger partial charge in [-0.25, -0.2) is 22.5 Å². The molecule has 1 atom stereocenters. The van der Waals surface area contributed by atoms with E-state index < -0.39 is 39.5 Å². The molecule has 12 heteroatoms. The molecular weight excluding hydrogens is 526 g/mol. The van der Waals surface area contributed by atoms with E-state index in [-0.39, 0.29) is 24.3 Å². The molecule has 0 radical (unpaired) electrons. The standard InChI is InChI=1S/C26H27F4N3O4S/c1-4-37-21-10-7-17(8-11-21)24-20(9-12-23(33-24)26(28,29)30)14-31-25(34)16(2)18-5-6-19(22(27)13-18)15-32-38(3,35)36/h5-13,16,32H,4,14-15H2,1-3H3,(H,31,34). The van der Waals surface area contributed by atoms with Crippen LogP contribution in [0, 0.1) is 5.82 Å². The second-order valence-corrected chi connectivity index (χ2v) is 10.4. The monoisotopic (exact) mass is 553 g/mol. The van der Waals surface area contributed by atoms with Gasteiger partial charge in [0, 0.05) is 24.2 Å². The van der Waals surface area contributed by atoms with E-state index in [2.05, 4.69) is 15.0 Å². The lowest BCUT2D eigenvalue weighted by Gasteiger charge is -2.16. The smallest absolute Gasteiger partial charge is 0.433 e. The number of hydrogen-bond donors (Lipinski definition) is 2. The van der Waals surface area contributed by atoms with Gasteiger partial charge in [0.1, 0.15) is 17.3 Å². The van der Waals surface area contributed by atoms with Gasteiger partial charge >= 0.3 is 6.18 Å². The largest absolute Gasteiger partial charge is 0.494 e. The van der Waals surface area contributed by atoms with E-state index in [0.717, 1.165) is 18.4 Å². The zero-order chi connectivity index (χ0) is 28.1. The maximum Gasteiger partial charge on any atom is 0.433 e. The maximum atomic E-state index is 14.5. The molecule has 1 heterocycles. The summed E-state index contributed by atoms with van der Waals surface area (Å²) in [6, 6.07) is 12.6. The number of nitrogens with zero attached hydrogens (tertiary/aromatic N) is 1. The van der Waals surface area contributed by atoms with Gasteiger partial charge in [-0.2, -0.15) is 13.2 Å². The summed E-state index contributed by atoms with van der Waals surface area (Å²) < 4.78 is 84.6. The normalized spacial score (nSPS) is 12.7. The average molecular weight is 554 g/mol. The van der Waals surface area contributed by atoms with Crippen LogP contribution in [0.3, 0.4) is 0 Å². The molecule has 2 N–H and O–H groups in total. The third kappa shape index (κ3) is 7.75. The highest BCUT2D eigenvalue weighted by atomic mass is 32.2. The number of sulfonamides is 1. The van der Waals surface area contributed by atoms with Crippen LogP contribution in [0.1, 0.15) is 42.1 Å². The zero-order valence-electron chi connectivity index (χ0n) is 20.9. The van der Waals surface area contributed by atoms with E-state index in [1.807, 2.05) is 6.92 Å². The Bertz CT molecular complexity index is 1390. The number of carbonyl (C=O) groups is 1. The first-order valence-electron chi connectivity index (χ1n) is 11.6. The fourth-order valence-corrected chi connectivity index (χ4v) is 4.00. The van der Waals surface area contributed by atoms with Gasteiger partial charge in [-0.1, -0.05) is 18.2 Å². The number of nitrogens with one attached hydrogen (secondary N) is 2. The molecule has 0 spiro atoms. The van der Waals surface area contributed by atoms with Crippen molar-refractivity contribution in [2.75, 3.05) is 12.9 Å². The number of aromatic nitrogens is 1. The summed E-state index contributed by atoms with van der Waals surface area (Å²) in [7, 11) is -3.51. The lowest BCUT2D eigenvalue weighted by molar-refractivity contribution is -0.141. The molecule has 1 unspecified atom stereocenters. The van der Waals surface area contributed by atoms with Crippen molar-refractivity contribution in [3.05, 3.63) is 82.8 Å². The predicted molar refractivity (Wildman–Crippen MR) is 134 cm³/mol. The summed E-state index contributed by atoms with van der Waals surface area (Å²) in [4.78, 5) is 16.6. The van der Waals surface area contributed by atoms with Crippen LogP contribution >= 0.6 is 0 Å². The first-order valence-corrected chi connectivity index (χ1v) is 13.5. The molecule has 0 aliphatic carbocycles. The number of alkyl halides is 3. The molecule has 0 saturated carbocycles. The Morgan fingerprint density at radius 3 is 2.26 bits per heavy atom. The van der Waals surface area contributed by atoms with E-state index in [0.29, 0.717) is 29.0 Å². The van der Waals surface area contributed by atoms with Crippen LogP contribution in [0.15, 0.2) is 54.6 Å². The van der Waals surface area contributed by atoms with Crippen LogP contribution < -0.4 is 14.8 Å². The molecule has 3 aromatic rings. The molecule has 0 bridgehead atoms. The lowest BCUT2D eigenvalue weighted by atomic mass is 9.98. The van der Waals surface area contributed by atoms with Crippen LogP contribution in [-0.4, -0.2) is 32.2 Å². The van der Waals surface area contributed by atoms with Crippen molar-refractivity contribution < 1.29 is 35.5 Å². The summed E-state index contributed by atoms with van der Waals surface area (Å²) in [5.74, 6) is -1.40. The third-order valence-electron chi connectivity index (χ3n) is 5.66. The quantitative estimate of drug-likeness (QED) is 0.353. The Morgan fingerprint density at radius 2 is 1.68 bits per heavy atom. The Kier molecular flexibility index (Phi) is 9.10. The molecule has 1 amide bonds. The van der Waals surface area contributed by atoms with E-state index in [4.69, 9.17) is 4.74 Å². The van der Waals surface area contributed by atoms with E-state index >= 15 is 0 Å². The van der Waals surface area contributed by atoms with Crippen molar-refractivity contribution in [1.29, 1.82) is 0 Å². The number of rotatable bonds is 10. The average Bonchev–Trinajstić information content (AvgIpc) is 2.85. The number of hydrogen-bond acceptors (Lipinski definition) is 5. The number of benzene rings is 2. The fourth-order valence-electron chi connectivity index (χ4n) is 3.59. The molecule has 0 aliphatic rings. The third-order valence-corrected chi connectivity index (χ3v) is 6.32. The Hall–Kier alpha value is -3.51. The molecule has 0 saturated heterocycles. The molecule has 38 heavy (non-hydrogen) atoms. The van der Waals surface area contributed by atoms with Gasteiger partial charge < -0.3 is 10.1 Å². The molecule has 204 valence electrons. The zero-order valence-corrected chi connectivity index (χ0v) is 21.7. The minimum Gasteiger partial charge on any atom is -0.494 e. The first kappa shape index (κ1) is 29.1. The summed E-state index contributed by atoms with van der Waals surface area (Å²) in [6.45, 7) is 3.44. The van der Waals surface area contributed by atoms with Gasteiger partial charge in [0.05, 0.1) is 24.5 Å². The fraction of sp³-hybridized carbons (Fsp3) is 0.308. The van der Waals surface area contributed by atoms with Crippen molar-refractivity contribution in [3.8, 4) is 17.0 Å². The topological polar surface area (TPSA) is 97.4 Å². The summed E-state index contributed by atoms with van der Waals surface area (Å²) in [5, 5.41) is 2.68. The van der Waals surface area contributed by atoms with Gasteiger partial charge in [-0.3, -0.25) is 4.79 Å². The summed E-state index contributed by atoms with van der Waals surface area (Å²) >= 11 is 0. The van der Waals surface area contributed by atoms with E-state index in [9.17, 15) is 30.8 Å². The van der Waals surface area contributed by atoms with Gasteiger partial charge in [-0.15, -0.1) is 0 Å². The Labute approximate surface area is 218 Å². The van der Waals surface area contributed by atoms with Crippen molar-refractivity contribution >= 4 is 15.9 Å². The molecule has 3 rings (SSSR count). The number of carbonyl (C=O) groups excluding carboxylic acids is 1. The minimum atomic E-state index is -4.65. The minimum absolute atomic E-state index is 0.0598. The number of ether oxygens (including phenoxy) is 1. The highest BCUT2D eigenvalue weighted by Gasteiger charge is 2.33. The van der Waals surface area contributed by atoms with Gasteiger partial charge in [0.15, 0.2) is 0 Å². The van der Waals surface area contributed by atoms with Crippen molar-refractivity contribution in [2.45, 2.75) is 39.0 Å². The summed E-state index contributed by atoms with van der Waals surface area (Å²) in [6.07, 6.45) is -3.69. The molecule has 1 aromatic heterocycles. The first-order chi connectivity index (χ1) is 17.8. The molecule has 2 aromatic carbocycles. The van der Waals surface area contributed by atoms with Crippen molar-refractivity contribution in [1.82, 2.24) is 15.0 Å². The molecular formula is C26H27F4N3O4S. The number of pyridine rings is 1. The van der Waals surface area contributed by atoms with Gasteiger partial charge in [-0.05, 0) is 61.4 Å². The SMILES string of the molecule is CCOc1ccc(-c2nc(C(F)(F)F)ccc2CNC(=O)C(C)c2ccc(CNS(C)(=O)=O)c(F)c2)cc1. The highest BCUT2D eigenvalue weighted by molar-refractivity contribution is 7.88. The van der Waals surface area contributed by atoms with Crippen LogP contribution in [0.4, 0.5) is 17.6 Å².